The highest BCUT2D eigenvalue weighted by molar-refractivity contribution is 9.07. The van der Waals surface area contributed by atoms with E-state index in [0.29, 0.717) is 0 Å². The Kier molecular flexibility index (Phi) is 3.22. The molecule has 0 aromatic carbocycles. The van der Waals surface area contributed by atoms with Crippen molar-refractivity contribution in [1.82, 2.24) is 3.93 Å². The first-order chi connectivity index (χ1) is 4.04. The minimum atomic E-state index is -1.04. The topological polar surface area (TPSA) is 57.6 Å². The van der Waals surface area contributed by atoms with E-state index in [1.807, 2.05) is 0 Å². The number of carboxylic acid groups (broad SMARTS) is 1. The van der Waals surface area contributed by atoms with Crippen molar-refractivity contribution in [2.75, 3.05) is 6.54 Å². The van der Waals surface area contributed by atoms with Crippen LogP contribution < -0.4 is 0 Å². The van der Waals surface area contributed by atoms with Gasteiger partial charge < -0.3 is 5.11 Å². The fraction of sp³-hybridized carbons (Fsp3) is 0.500. The van der Waals surface area contributed by atoms with Gasteiger partial charge in [0.15, 0.2) is 0 Å². The van der Waals surface area contributed by atoms with Crippen LogP contribution in [0.5, 0.6) is 0 Å². The summed E-state index contributed by atoms with van der Waals surface area (Å²) < 4.78 is 0.940. The van der Waals surface area contributed by atoms with Gasteiger partial charge in [0, 0.05) is 6.92 Å². The molecule has 0 heterocycles. The summed E-state index contributed by atoms with van der Waals surface area (Å²) in [7, 11) is 0. The van der Waals surface area contributed by atoms with E-state index in [4.69, 9.17) is 5.11 Å². The van der Waals surface area contributed by atoms with Gasteiger partial charge in [-0.05, 0) is 0 Å². The van der Waals surface area contributed by atoms with E-state index in [9.17, 15) is 9.59 Å². The number of carbonyl (C=O) groups is 2. The van der Waals surface area contributed by atoms with Crippen molar-refractivity contribution in [1.29, 1.82) is 0 Å². The minimum Gasteiger partial charge on any atom is -0.480 e. The van der Waals surface area contributed by atoms with Crippen LogP contribution in [-0.2, 0) is 9.59 Å². The van der Waals surface area contributed by atoms with Gasteiger partial charge in [0.25, 0.3) is 0 Å². The van der Waals surface area contributed by atoms with Crippen molar-refractivity contribution in [3.63, 3.8) is 0 Å². The van der Waals surface area contributed by atoms with E-state index in [2.05, 4.69) is 16.1 Å². The second-order valence-corrected chi connectivity index (χ2v) is 2.29. The molecule has 0 bridgehead atoms. The molecule has 1 amide bonds. The molecule has 0 aliphatic carbocycles. The summed E-state index contributed by atoms with van der Waals surface area (Å²) in [6.07, 6.45) is 0. The lowest BCUT2D eigenvalue weighted by molar-refractivity contribution is -0.140. The third kappa shape index (κ3) is 3.96. The molecule has 0 saturated heterocycles. The van der Waals surface area contributed by atoms with Crippen molar-refractivity contribution in [2.45, 2.75) is 6.92 Å². The van der Waals surface area contributed by atoms with Gasteiger partial charge >= 0.3 is 5.97 Å². The number of aliphatic carboxylic acids is 1. The summed E-state index contributed by atoms with van der Waals surface area (Å²) in [6, 6.07) is 0. The molecule has 0 aliphatic heterocycles. The molecule has 1 N–H and O–H groups in total. The number of carbonyl (C=O) groups excluding carboxylic acids is 1. The van der Waals surface area contributed by atoms with Crippen LogP contribution in [0.4, 0.5) is 0 Å². The lowest BCUT2D eigenvalue weighted by Gasteiger charge is -2.06. The molecule has 9 heavy (non-hydrogen) atoms. The fourth-order valence-corrected chi connectivity index (χ4v) is 0.445. The number of carboxylic acids is 1. The normalized spacial score (nSPS) is 8.67. The summed E-state index contributed by atoms with van der Waals surface area (Å²) >= 11 is 2.75. The monoisotopic (exact) mass is 195 g/mol. The number of nitrogens with zero attached hydrogens (tertiary/aromatic N) is 1. The Morgan fingerprint density at radius 1 is 1.67 bits per heavy atom. The maximum absolute atomic E-state index is 10.3. The lowest BCUT2D eigenvalue weighted by atomic mass is 10.6. The Morgan fingerprint density at radius 2 is 2.11 bits per heavy atom. The van der Waals surface area contributed by atoms with Gasteiger partial charge in [-0.25, -0.2) is 0 Å². The molecule has 0 radical (unpaired) electrons. The van der Waals surface area contributed by atoms with E-state index >= 15 is 0 Å². The average molecular weight is 196 g/mol. The van der Waals surface area contributed by atoms with E-state index in [1.54, 1.807) is 0 Å². The van der Waals surface area contributed by atoms with Gasteiger partial charge in [-0.1, -0.05) is 0 Å². The largest absolute Gasteiger partial charge is 0.480 e. The van der Waals surface area contributed by atoms with E-state index in [-0.39, 0.29) is 12.5 Å². The predicted octanol–water partition coefficient (Wildman–Crippen LogP) is 0.229. The highest BCUT2D eigenvalue weighted by Crippen LogP contribution is 1.95. The molecule has 0 atom stereocenters. The van der Waals surface area contributed by atoms with Gasteiger partial charge in [-0.2, -0.15) is 0 Å². The Bertz CT molecular complexity index is 136. The second-order valence-electron chi connectivity index (χ2n) is 1.43. The Hall–Kier alpha value is -0.580. The Balaban J connectivity index is 3.63. The molecular weight excluding hydrogens is 190 g/mol. The summed E-state index contributed by atoms with van der Waals surface area (Å²) in [5, 5.41) is 8.11. The molecule has 0 rings (SSSR count). The lowest BCUT2D eigenvalue weighted by Crippen LogP contribution is -2.24. The maximum Gasteiger partial charge on any atom is 0.324 e. The summed E-state index contributed by atoms with van der Waals surface area (Å²) in [5.41, 5.74) is 0. The van der Waals surface area contributed by atoms with Crippen molar-refractivity contribution < 1.29 is 14.7 Å². The first-order valence-electron chi connectivity index (χ1n) is 2.19. The van der Waals surface area contributed by atoms with Crippen LogP contribution in [0.3, 0.4) is 0 Å². The first-order valence-corrected chi connectivity index (χ1v) is 2.90. The number of hydrogen-bond acceptors (Lipinski definition) is 2. The van der Waals surface area contributed by atoms with Gasteiger partial charge in [0.05, 0.1) is 16.1 Å². The van der Waals surface area contributed by atoms with Crippen molar-refractivity contribution in [3.8, 4) is 0 Å². The number of rotatable bonds is 2. The highest BCUT2D eigenvalue weighted by atomic mass is 79.9. The molecule has 4 nitrogen and oxygen atoms in total. The van der Waals surface area contributed by atoms with Crippen LogP contribution >= 0.6 is 16.1 Å². The van der Waals surface area contributed by atoms with Crippen LogP contribution in [0.1, 0.15) is 6.92 Å². The standard InChI is InChI=1S/C4H6BrNO3/c1-3(7)6(5)2-4(8)9/h2H2,1H3,(H,8,9). The van der Waals surface area contributed by atoms with Crippen LogP contribution in [0, 0.1) is 0 Å². The minimum absolute atomic E-state index is 0.310. The third-order valence-electron chi connectivity index (χ3n) is 0.616. The molecule has 0 saturated carbocycles. The number of hydrogen-bond donors (Lipinski definition) is 1. The average Bonchev–Trinajstić information content (AvgIpc) is 1.63. The van der Waals surface area contributed by atoms with E-state index < -0.39 is 5.97 Å². The van der Waals surface area contributed by atoms with Crippen molar-refractivity contribution in [3.05, 3.63) is 0 Å². The van der Waals surface area contributed by atoms with Gasteiger partial charge in [-0.15, -0.1) is 0 Å². The van der Waals surface area contributed by atoms with Gasteiger partial charge in [-0.3, -0.25) is 13.5 Å². The third-order valence-corrected chi connectivity index (χ3v) is 1.37. The molecule has 0 spiro atoms. The first kappa shape index (κ1) is 8.42. The molecule has 0 unspecified atom stereocenters. The van der Waals surface area contributed by atoms with E-state index in [0.717, 1.165) is 3.93 Å². The Labute approximate surface area is 60.8 Å². The second kappa shape index (κ2) is 3.45. The molecule has 0 fully saturated rings. The molecule has 0 aliphatic rings. The fourth-order valence-electron chi connectivity index (χ4n) is 0.230. The van der Waals surface area contributed by atoms with Crippen LogP contribution in [0.15, 0.2) is 0 Å². The quantitative estimate of drug-likeness (QED) is 0.643. The zero-order chi connectivity index (χ0) is 7.44. The maximum atomic E-state index is 10.3. The molecular formula is C4H6BrNO3. The van der Waals surface area contributed by atoms with Crippen molar-refractivity contribution in [2.24, 2.45) is 0 Å². The SMILES string of the molecule is CC(=O)N(Br)CC(=O)O. The number of halogens is 1. The summed E-state index contributed by atoms with van der Waals surface area (Å²) in [5.74, 6) is -1.36. The summed E-state index contributed by atoms with van der Waals surface area (Å²) in [4.78, 5) is 20.2. The molecule has 0 aromatic rings. The molecule has 52 valence electrons. The van der Waals surface area contributed by atoms with Crippen LogP contribution in [0.2, 0.25) is 0 Å². The summed E-state index contributed by atoms with van der Waals surface area (Å²) in [6.45, 7) is 0.965. The van der Waals surface area contributed by atoms with Crippen LogP contribution in [-0.4, -0.2) is 27.5 Å². The van der Waals surface area contributed by atoms with E-state index in [1.165, 1.54) is 6.92 Å². The highest BCUT2D eigenvalue weighted by Gasteiger charge is 2.07. The zero-order valence-electron chi connectivity index (χ0n) is 4.80. The smallest absolute Gasteiger partial charge is 0.324 e. The van der Waals surface area contributed by atoms with Gasteiger partial charge in [0.2, 0.25) is 5.91 Å². The number of amides is 1. The van der Waals surface area contributed by atoms with Crippen molar-refractivity contribution >= 4 is 28.0 Å². The predicted molar refractivity (Wildman–Crippen MR) is 33.9 cm³/mol. The van der Waals surface area contributed by atoms with Gasteiger partial charge in [0.1, 0.15) is 6.54 Å². The van der Waals surface area contributed by atoms with Crippen LogP contribution in [0.25, 0.3) is 0 Å². The zero-order valence-corrected chi connectivity index (χ0v) is 6.38. The molecule has 5 heteroatoms. The Morgan fingerprint density at radius 3 is 2.22 bits per heavy atom. The molecule has 0 aromatic heterocycles.